The van der Waals surface area contributed by atoms with Crippen LogP contribution in [0.4, 0.5) is 0 Å². The normalized spacial score (nSPS) is 9.00. The average Bonchev–Trinajstić information content (AvgIpc) is 1.61. The molecule has 0 radical (unpaired) electrons. The van der Waals surface area contributed by atoms with Crippen LogP contribution in [0, 0.1) is 0 Å². The molecule has 0 fully saturated rings. The van der Waals surface area contributed by atoms with Crippen molar-refractivity contribution in [2.75, 3.05) is 13.7 Å². The monoisotopic (exact) mass is 92.0 g/mol. The van der Waals surface area contributed by atoms with E-state index in [4.69, 9.17) is 0 Å². The van der Waals surface area contributed by atoms with Gasteiger partial charge in [-0.25, -0.2) is 9.78 Å². The van der Waals surface area contributed by atoms with Crippen LogP contribution in [0.15, 0.2) is 0 Å². The van der Waals surface area contributed by atoms with Crippen LogP contribution < -0.4 is 0 Å². The van der Waals surface area contributed by atoms with E-state index < -0.39 is 0 Å². The van der Waals surface area contributed by atoms with Gasteiger partial charge in [0, 0.05) is 0 Å². The molecule has 3 heteroatoms. The van der Waals surface area contributed by atoms with Crippen molar-refractivity contribution in [2.24, 2.45) is 0 Å². The molecule has 0 atom stereocenters. The molecule has 0 aromatic rings. The van der Waals surface area contributed by atoms with Crippen LogP contribution in [0.3, 0.4) is 0 Å². The number of rotatable bonds is 3. The molecule has 0 aliphatic carbocycles. The molecular formula is C3H8O3. The van der Waals surface area contributed by atoms with Gasteiger partial charge in [-0.2, -0.15) is 0 Å². The summed E-state index contributed by atoms with van der Waals surface area (Å²) in [4.78, 5) is 8.32. The van der Waals surface area contributed by atoms with Crippen molar-refractivity contribution >= 4 is 0 Å². The van der Waals surface area contributed by atoms with E-state index in [1.807, 2.05) is 0 Å². The van der Waals surface area contributed by atoms with Gasteiger partial charge in [0.1, 0.15) is 0 Å². The van der Waals surface area contributed by atoms with Gasteiger partial charge in [0.25, 0.3) is 0 Å². The highest BCUT2D eigenvalue weighted by Gasteiger charge is 1.72. The molecule has 0 aliphatic heterocycles. The van der Waals surface area contributed by atoms with Crippen molar-refractivity contribution in [3.8, 4) is 0 Å². The van der Waals surface area contributed by atoms with Crippen LogP contribution >= 0.6 is 0 Å². The van der Waals surface area contributed by atoms with E-state index in [0.717, 1.165) is 0 Å². The van der Waals surface area contributed by atoms with Gasteiger partial charge in [0.15, 0.2) is 0 Å². The van der Waals surface area contributed by atoms with Gasteiger partial charge in [-0.3, -0.25) is 0 Å². The zero-order chi connectivity index (χ0) is 4.83. The minimum atomic E-state index is 0.508. The van der Waals surface area contributed by atoms with Gasteiger partial charge in [0.2, 0.25) is 0 Å². The molecule has 0 bridgehead atoms. The van der Waals surface area contributed by atoms with Gasteiger partial charge in [0.05, 0.1) is 13.7 Å². The molecule has 38 valence electrons. The van der Waals surface area contributed by atoms with E-state index in [1.54, 1.807) is 6.92 Å². The van der Waals surface area contributed by atoms with E-state index in [-0.39, 0.29) is 0 Å². The molecule has 0 aliphatic rings. The van der Waals surface area contributed by atoms with Crippen LogP contribution in [-0.4, -0.2) is 13.7 Å². The van der Waals surface area contributed by atoms with Crippen molar-refractivity contribution in [3.63, 3.8) is 0 Å². The molecule has 0 unspecified atom stereocenters. The Morgan fingerprint density at radius 1 is 1.50 bits per heavy atom. The zero-order valence-electron chi connectivity index (χ0n) is 3.93. The predicted molar refractivity (Wildman–Crippen MR) is 19.7 cm³/mol. The number of hydrogen-bond acceptors (Lipinski definition) is 3. The van der Waals surface area contributed by atoms with Gasteiger partial charge >= 0.3 is 0 Å². The lowest BCUT2D eigenvalue weighted by Crippen LogP contribution is -1.89. The molecule has 0 aromatic carbocycles. The third-order valence-corrected chi connectivity index (χ3v) is 0.234. The first kappa shape index (κ1) is 5.88. The molecule has 0 saturated heterocycles. The highest BCUT2D eigenvalue weighted by molar-refractivity contribution is 3.89. The third-order valence-electron chi connectivity index (χ3n) is 0.234. The smallest absolute Gasteiger partial charge is 0.0825 e. The summed E-state index contributed by atoms with van der Waals surface area (Å²) in [5.41, 5.74) is 0. The van der Waals surface area contributed by atoms with Crippen molar-refractivity contribution < 1.29 is 14.8 Å². The molecule has 0 spiro atoms. The Labute approximate surface area is 36.7 Å². The van der Waals surface area contributed by atoms with Crippen molar-refractivity contribution in [3.05, 3.63) is 0 Å². The second-order valence-corrected chi connectivity index (χ2v) is 0.641. The lowest BCUT2D eigenvalue weighted by atomic mass is 10.9. The Kier molecular flexibility index (Phi) is 4.78. The second-order valence-electron chi connectivity index (χ2n) is 0.641. The maximum atomic E-state index is 4.26. The first-order chi connectivity index (χ1) is 2.91. The van der Waals surface area contributed by atoms with E-state index >= 15 is 0 Å². The van der Waals surface area contributed by atoms with Crippen molar-refractivity contribution in [1.29, 1.82) is 0 Å². The minimum Gasteiger partial charge on any atom is -0.210 e. The Bertz CT molecular complexity index is 18.0. The fourth-order valence-corrected chi connectivity index (χ4v) is 0.0962. The average molecular weight is 92.1 g/mol. The molecule has 0 aromatic heterocycles. The Hall–Kier alpha value is -0.120. The van der Waals surface area contributed by atoms with E-state index in [0.29, 0.717) is 6.61 Å². The van der Waals surface area contributed by atoms with Crippen LogP contribution in [0.2, 0.25) is 0 Å². The van der Waals surface area contributed by atoms with E-state index in [2.05, 4.69) is 14.8 Å². The maximum Gasteiger partial charge on any atom is 0.0825 e. The third kappa shape index (κ3) is 3.88. The molecule has 0 saturated carbocycles. The Morgan fingerprint density at radius 2 is 2.17 bits per heavy atom. The molecule has 0 heterocycles. The van der Waals surface area contributed by atoms with Gasteiger partial charge in [-0.15, -0.1) is 0 Å². The predicted octanol–water partition coefficient (Wildman–Crippen LogP) is 0.516. The maximum absolute atomic E-state index is 4.26. The summed E-state index contributed by atoms with van der Waals surface area (Å²) in [7, 11) is 1.38. The summed E-state index contributed by atoms with van der Waals surface area (Å²) in [6, 6.07) is 0. The largest absolute Gasteiger partial charge is 0.210 e. The lowest BCUT2D eigenvalue weighted by Gasteiger charge is -1.90. The number of hydrogen-bond donors (Lipinski definition) is 0. The highest BCUT2D eigenvalue weighted by Crippen LogP contribution is 1.72. The van der Waals surface area contributed by atoms with Crippen LogP contribution in [0.5, 0.6) is 0 Å². The molecule has 3 nitrogen and oxygen atoms in total. The highest BCUT2D eigenvalue weighted by atomic mass is 17.5. The van der Waals surface area contributed by atoms with Crippen LogP contribution in [-0.2, 0) is 14.8 Å². The van der Waals surface area contributed by atoms with E-state index in [1.165, 1.54) is 7.11 Å². The molecule has 0 amide bonds. The summed E-state index contributed by atoms with van der Waals surface area (Å²) in [5, 5.41) is 3.98. The summed E-state index contributed by atoms with van der Waals surface area (Å²) < 4.78 is 0. The SMILES string of the molecule is CCOOOC. The minimum absolute atomic E-state index is 0.508. The van der Waals surface area contributed by atoms with Gasteiger partial charge in [-0.05, 0) is 6.92 Å². The van der Waals surface area contributed by atoms with Crippen LogP contribution in [0.25, 0.3) is 0 Å². The molecule has 6 heavy (non-hydrogen) atoms. The lowest BCUT2D eigenvalue weighted by molar-refractivity contribution is -0.500. The quantitative estimate of drug-likeness (QED) is 0.288. The summed E-state index contributed by atoms with van der Waals surface area (Å²) in [5.74, 6) is 0. The first-order valence-electron chi connectivity index (χ1n) is 1.74. The Balaban J connectivity index is 2.34. The fourth-order valence-electron chi connectivity index (χ4n) is 0.0962. The summed E-state index contributed by atoms with van der Waals surface area (Å²) >= 11 is 0. The topological polar surface area (TPSA) is 27.7 Å². The fraction of sp³-hybridized carbons (Fsp3) is 1.00. The second kappa shape index (κ2) is 4.88. The zero-order valence-corrected chi connectivity index (χ0v) is 3.93. The van der Waals surface area contributed by atoms with E-state index in [9.17, 15) is 0 Å². The Morgan fingerprint density at radius 3 is 2.33 bits per heavy atom. The van der Waals surface area contributed by atoms with Gasteiger partial charge in [-0.1, -0.05) is 5.04 Å². The van der Waals surface area contributed by atoms with Crippen LogP contribution in [0.1, 0.15) is 6.92 Å². The van der Waals surface area contributed by atoms with Crippen molar-refractivity contribution in [2.45, 2.75) is 6.92 Å². The molecule has 0 rings (SSSR count). The standard InChI is InChI=1S/C3H8O3/c1-3-5-6-4-2/h3H2,1-2H3. The summed E-state index contributed by atoms with van der Waals surface area (Å²) in [6.45, 7) is 2.31. The van der Waals surface area contributed by atoms with Gasteiger partial charge < -0.3 is 0 Å². The molecule has 0 N–H and O–H groups in total. The van der Waals surface area contributed by atoms with Crippen molar-refractivity contribution in [1.82, 2.24) is 0 Å². The summed E-state index contributed by atoms with van der Waals surface area (Å²) in [6.07, 6.45) is 0. The first-order valence-corrected chi connectivity index (χ1v) is 1.74. The molecular weight excluding hydrogens is 84.0 g/mol.